The Morgan fingerprint density at radius 3 is 3.17 bits per heavy atom. The van der Waals surface area contributed by atoms with E-state index in [0.29, 0.717) is 13.2 Å². The van der Waals surface area contributed by atoms with Crippen LogP contribution in [0.4, 0.5) is 4.79 Å². The Hall–Kier alpha value is -1.08. The summed E-state index contributed by atoms with van der Waals surface area (Å²) in [5.74, 6) is 0. The van der Waals surface area contributed by atoms with Crippen molar-refractivity contribution in [1.29, 1.82) is 0 Å². The fourth-order valence-corrected chi connectivity index (χ4v) is 2.40. The lowest BCUT2D eigenvalue weighted by Crippen LogP contribution is -2.45. The Labute approximate surface area is 114 Å². The Morgan fingerprint density at radius 1 is 1.72 bits per heavy atom. The average molecular weight is 317 g/mol. The van der Waals surface area contributed by atoms with E-state index >= 15 is 0 Å². The van der Waals surface area contributed by atoms with E-state index < -0.39 is 0 Å². The van der Waals surface area contributed by atoms with Crippen molar-refractivity contribution in [2.24, 2.45) is 7.05 Å². The van der Waals surface area contributed by atoms with Crippen LogP contribution in [-0.4, -0.2) is 35.1 Å². The minimum atomic E-state index is -0.178. The lowest BCUT2D eigenvalue weighted by Gasteiger charge is -2.23. The number of aryl methyl sites for hydroxylation is 1. The minimum Gasteiger partial charge on any atom is -0.379 e. The summed E-state index contributed by atoms with van der Waals surface area (Å²) < 4.78 is 7.90. The fraction of sp³-hybridized carbons (Fsp3) is 0.636. The first-order valence-electron chi connectivity index (χ1n) is 5.95. The molecule has 1 aromatic rings. The van der Waals surface area contributed by atoms with Gasteiger partial charge in [0.1, 0.15) is 0 Å². The van der Waals surface area contributed by atoms with E-state index in [0.717, 1.165) is 29.6 Å². The highest BCUT2D eigenvalue weighted by atomic mass is 79.9. The number of ether oxygens (including phenoxy) is 1. The van der Waals surface area contributed by atoms with E-state index in [-0.39, 0.29) is 12.1 Å². The van der Waals surface area contributed by atoms with Gasteiger partial charge in [-0.3, -0.25) is 4.68 Å². The molecule has 1 fully saturated rings. The molecule has 2 N–H and O–H groups in total. The van der Waals surface area contributed by atoms with E-state index in [9.17, 15) is 4.79 Å². The number of carbonyl (C=O) groups excluding carboxylic acids is 1. The topological polar surface area (TPSA) is 68.2 Å². The summed E-state index contributed by atoms with van der Waals surface area (Å²) in [5.41, 5.74) is 0.813. The van der Waals surface area contributed by atoms with Crippen molar-refractivity contribution < 1.29 is 9.53 Å². The number of amides is 2. The third-order valence-electron chi connectivity index (χ3n) is 2.77. The quantitative estimate of drug-likeness (QED) is 0.879. The SMILES string of the molecule is Cn1cc(Br)c(CNC(=O)N[C@H]2CCCOC2)n1. The molecule has 6 nitrogen and oxygen atoms in total. The number of rotatable bonds is 3. The van der Waals surface area contributed by atoms with Crippen molar-refractivity contribution in [3.63, 3.8) is 0 Å². The number of nitrogens with zero attached hydrogens (tertiary/aromatic N) is 2. The summed E-state index contributed by atoms with van der Waals surface area (Å²) in [7, 11) is 1.84. The third-order valence-corrected chi connectivity index (χ3v) is 3.43. The first kappa shape index (κ1) is 13.4. The lowest BCUT2D eigenvalue weighted by atomic mass is 10.1. The number of hydrogen-bond acceptors (Lipinski definition) is 3. The molecule has 0 aliphatic carbocycles. The molecular weight excluding hydrogens is 300 g/mol. The predicted molar refractivity (Wildman–Crippen MR) is 70.1 cm³/mol. The number of urea groups is 1. The zero-order valence-corrected chi connectivity index (χ0v) is 11.9. The molecule has 7 heteroatoms. The van der Waals surface area contributed by atoms with Crippen LogP contribution in [0.1, 0.15) is 18.5 Å². The molecule has 1 atom stereocenters. The minimum absolute atomic E-state index is 0.117. The summed E-state index contributed by atoms with van der Waals surface area (Å²) in [6.45, 7) is 1.79. The van der Waals surface area contributed by atoms with Crippen molar-refractivity contribution in [3.8, 4) is 0 Å². The molecule has 100 valence electrons. The average Bonchev–Trinajstić information content (AvgIpc) is 2.66. The number of carbonyl (C=O) groups is 1. The van der Waals surface area contributed by atoms with Crippen molar-refractivity contribution >= 4 is 22.0 Å². The second-order valence-corrected chi connectivity index (χ2v) is 5.19. The van der Waals surface area contributed by atoms with Gasteiger partial charge in [-0.1, -0.05) is 0 Å². The highest BCUT2D eigenvalue weighted by molar-refractivity contribution is 9.10. The maximum absolute atomic E-state index is 11.7. The van der Waals surface area contributed by atoms with Crippen LogP contribution < -0.4 is 10.6 Å². The van der Waals surface area contributed by atoms with E-state index in [2.05, 4.69) is 31.7 Å². The zero-order valence-electron chi connectivity index (χ0n) is 10.3. The molecule has 0 bridgehead atoms. The van der Waals surface area contributed by atoms with Gasteiger partial charge in [0.2, 0.25) is 0 Å². The van der Waals surface area contributed by atoms with Crippen LogP contribution in [0.3, 0.4) is 0 Å². The highest BCUT2D eigenvalue weighted by Gasteiger charge is 2.16. The van der Waals surface area contributed by atoms with E-state index in [1.54, 1.807) is 4.68 Å². The van der Waals surface area contributed by atoms with E-state index in [1.165, 1.54) is 0 Å². The molecular formula is C11H17BrN4O2. The number of halogens is 1. The summed E-state index contributed by atoms with van der Waals surface area (Å²) in [5, 5.41) is 9.91. The molecule has 0 unspecified atom stereocenters. The monoisotopic (exact) mass is 316 g/mol. The molecule has 0 aromatic carbocycles. The van der Waals surface area contributed by atoms with Gasteiger partial charge >= 0.3 is 6.03 Å². The Bertz CT molecular complexity index is 415. The molecule has 18 heavy (non-hydrogen) atoms. The molecule has 0 spiro atoms. The number of aromatic nitrogens is 2. The number of nitrogens with one attached hydrogen (secondary N) is 2. The van der Waals surface area contributed by atoms with Crippen LogP contribution in [0.15, 0.2) is 10.7 Å². The molecule has 1 saturated heterocycles. The maximum Gasteiger partial charge on any atom is 0.315 e. The largest absolute Gasteiger partial charge is 0.379 e. The van der Waals surface area contributed by atoms with Crippen molar-refractivity contribution in [2.45, 2.75) is 25.4 Å². The van der Waals surface area contributed by atoms with Gasteiger partial charge in [-0.25, -0.2) is 4.79 Å². The fourth-order valence-electron chi connectivity index (χ4n) is 1.88. The van der Waals surface area contributed by atoms with E-state index in [4.69, 9.17) is 4.74 Å². The van der Waals surface area contributed by atoms with Gasteiger partial charge in [-0.15, -0.1) is 0 Å². The molecule has 0 radical (unpaired) electrons. The number of hydrogen-bond donors (Lipinski definition) is 2. The van der Waals surface area contributed by atoms with Gasteiger partial charge in [0.15, 0.2) is 0 Å². The summed E-state index contributed by atoms with van der Waals surface area (Å²) in [6.07, 6.45) is 3.82. The molecule has 2 amide bonds. The van der Waals surface area contributed by atoms with Crippen molar-refractivity contribution in [1.82, 2.24) is 20.4 Å². The summed E-state index contributed by atoms with van der Waals surface area (Å²) >= 11 is 3.39. The Kier molecular flexibility index (Phi) is 4.60. The summed E-state index contributed by atoms with van der Waals surface area (Å²) in [6, 6.07) is -0.0611. The Balaban J connectivity index is 1.75. The van der Waals surface area contributed by atoms with Crippen LogP contribution in [0.25, 0.3) is 0 Å². The van der Waals surface area contributed by atoms with Crippen LogP contribution in [0.5, 0.6) is 0 Å². The van der Waals surface area contributed by atoms with Crippen molar-refractivity contribution in [3.05, 3.63) is 16.4 Å². The summed E-state index contributed by atoms with van der Waals surface area (Å²) in [4.78, 5) is 11.7. The molecule has 1 aromatic heterocycles. The van der Waals surface area contributed by atoms with Crippen LogP contribution in [-0.2, 0) is 18.3 Å². The highest BCUT2D eigenvalue weighted by Crippen LogP contribution is 2.13. The van der Waals surface area contributed by atoms with Gasteiger partial charge in [0.05, 0.1) is 29.4 Å². The maximum atomic E-state index is 11.7. The third kappa shape index (κ3) is 3.71. The molecule has 1 aliphatic heterocycles. The van der Waals surface area contributed by atoms with E-state index in [1.807, 2.05) is 13.2 Å². The molecule has 0 saturated carbocycles. The van der Waals surface area contributed by atoms with Gasteiger partial charge in [0, 0.05) is 19.9 Å². The zero-order chi connectivity index (χ0) is 13.0. The van der Waals surface area contributed by atoms with Gasteiger partial charge in [-0.2, -0.15) is 5.10 Å². The normalized spacial score (nSPS) is 19.6. The van der Waals surface area contributed by atoms with Crippen LogP contribution in [0, 0.1) is 0 Å². The molecule has 1 aliphatic rings. The van der Waals surface area contributed by atoms with Gasteiger partial charge < -0.3 is 15.4 Å². The van der Waals surface area contributed by atoms with Crippen LogP contribution in [0.2, 0.25) is 0 Å². The second-order valence-electron chi connectivity index (χ2n) is 4.34. The molecule has 2 rings (SSSR count). The van der Waals surface area contributed by atoms with Gasteiger partial charge in [0.25, 0.3) is 0 Å². The van der Waals surface area contributed by atoms with Gasteiger partial charge in [-0.05, 0) is 28.8 Å². The Morgan fingerprint density at radius 2 is 2.56 bits per heavy atom. The first-order chi connectivity index (χ1) is 8.65. The predicted octanol–water partition coefficient (Wildman–Crippen LogP) is 1.16. The van der Waals surface area contributed by atoms with Crippen LogP contribution >= 0.6 is 15.9 Å². The molecule has 2 heterocycles. The second kappa shape index (κ2) is 6.19. The smallest absolute Gasteiger partial charge is 0.315 e. The standard InChI is InChI=1S/C11H17BrN4O2/c1-16-6-9(12)10(15-16)5-13-11(17)14-8-3-2-4-18-7-8/h6,8H,2-5,7H2,1H3,(H2,13,14,17)/t8-/m0/s1. The lowest BCUT2D eigenvalue weighted by molar-refractivity contribution is 0.0732. The van der Waals surface area contributed by atoms with Crippen molar-refractivity contribution in [2.75, 3.05) is 13.2 Å². The first-order valence-corrected chi connectivity index (χ1v) is 6.74.